The number of esters is 1. The van der Waals surface area contributed by atoms with Crippen molar-refractivity contribution in [3.63, 3.8) is 0 Å². The Morgan fingerprint density at radius 1 is 1.50 bits per heavy atom. The third kappa shape index (κ3) is 5.13. The van der Waals surface area contributed by atoms with Crippen LogP contribution < -0.4 is 5.73 Å². The second kappa shape index (κ2) is 4.45. The summed E-state index contributed by atoms with van der Waals surface area (Å²) in [5.41, 5.74) is 3.13. The lowest BCUT2D eigenvalue weighted by molar-refractivity contribution is -0.361. The van der Waals surface area contributed by atoms with E-state index < -0.39 is 0 Å². The number of hydrogen-bond acceptors (Lipinski definition) is 2. The SMILES string of the molecule is CC(C)CC(C)(C)OC(=O)C[NH3+]. The van der Waals surface area contributed by atoms with Gasteiger partial charge in [0, 0.05) is 0 Å². The van der Waals surface area contributed by atoms with Gasteiger partial charge in [-0.05, 0) is 26.2 Å². The van der Waals surface area contributed by atoms with Crippen LogP contribution in [0.15, 0.2) is 0 Å². The first-order chi connectivity index (χ1) is 5.37. The van der Waals surface area contributed by atoms with E-state index in [1.807, 2.05) is 13.8 Å². The van der Waals surface area contributed by atoms with Crippen molar-refractivity contribution in [3.05, 3.63) is 0 Å². The number of quaternary nitrogens is 1. The van der Waals surface area contributed by atoms with E-state index in [1.165, 1.54) is 0 Å². The second-order valence-corrected chi connectivity index (χ2v) is 4.08. The van der Waals surface area contributed by atoms with Crippen molar-refractivity contribution in [2.24, 2.45) is 5.92 Å². The summed E-state index contributed by atoms with van der Waals surface area (Å²) in [6.45, 7) is 8.29. The number of rotatable bonds is 4. The predicted octanol–water partition coefficient (Wildman–Crippen LogP) is 0.596. The summed E-state index contributed by atoms with van der Waals surface area (Å²) in [4.78, 5) is 10.9. The summed E-state index contributed by atoms with van der Waals surface area (Å²) in [6, 6.07) is 0. The van der Waals surface area contributed by atoms with E-state index in [2.05, 4.69) is 19.6 Å². The molecule has 0 unspecified atom stereocenters. The smallest absolute Gasteiger partial charge is 0.362 e. The monoisotopic (exact) mass is 174 g/mol. The Balaban J connectivity index is 3.94. The van der Waals surface area contributed by atoms with Crippen molar-refractivity contribution in [3.8, 4) is 0 Å². The quantitative estimate of drug-likeness (QED) is 0.634. The minimum Gasteiger partial charge on any atom is -0.456 e. The fraction of sp³-hybridized carbons (Fsp3) is 0.889. The van der Waals surface area contributed by atoms with Gasteiger partial charge in [-0.2, -0.15) is 0 Å². The predicted molar refractivity (Wildman–Crippen MR) is 47.4 cm³/mol. The molecular weight excluding hydrogens is 154 g/mol. The van der Waals surface area contributed by atoms with Gasteiger partial charge in [0.2, 0.25) is 0 Å². The highest BCUT2D eigenvalue weighted by molar-refractivity contribution is 5.70. The van der Waals surface area contributed by atoms with Gasteiger partial charge in [-0.15, -0.1) is 0 Å². The molecule has 0 saturated heterocycles. The molecule has 12 heavy (non-hydrogen) atoms. The van der Waals surface area contributed by atoms with Crippen molar-refractivity contribution in [1.82, 2.24) is 0 Å². The highest BCUT2D eigenvalue weighted by Crippen LogP contribution is 2.19. The molecule has 0 bridgehead atoms. The highest BCUT2D eigenvalue weighted by Gasteiger charge is 2.23. The Hall–Kier alpha value is -0.570. The Bertz CT molecular complexity index is 153. The van der Waals surface area contributed by atoms with Gasteiger partial charge >= 0.3 is 5.97 Å². The molecule has 0 fully saturated rings. The molecule has 0 amide bonds. The maximum Gasteiger partial charge on any atom is 0.362 e. The zero-order valence-electron chi connectivity index (χ0n) is 8.52. The van der Waals surface area contributed by atoms with Gasteiger partial charge in [-0.1, -0.05) is 13.8 Å². The van der Waals surface area contributed by atoms with Crippen LogP contribution in [0, 0.1) is 5.92 Å². The molecule has 0 atom stereocenters. The molecule has 72 valence electrons. The summed E-state index contributed by atoms with van der Waals surface area (Å²) < 4.78 is 5.20. The van der Waals surface area contributed by atoms with Crippen molar-refractivity contribution in [2.75, 3.05) is 6.54 Å². The van der Waals surface area contributed by atoms with Crippen LogP contribution in [0.3, 0.4) is 0 Å². The van der Waals surface area contributed by atoms with Crippen molar-refractivity contribution >= 4 is 5.97 Å². The maximum absolute atomic E-state index is 10.9. The van der Waals surface area contributed by atoms with Gasteiger partial charge in [-0.25, -0.2) is 4.79 Å². The van der Waals surface area contributed by atoms with Crippen LogP contribution in [0.1, 0.15) is 34.1 Å². The Kier molecular flexibility index (Phi) is 4.24. The third-order valence-corrected chi connectivity index (χ3v) is 1.49. The molecule has 0 saturated carbocycles. The van der Waals surface area contributed by atoms with E-state index in [9.17, 15) is 4.79 Å². The van der Waals surface area contributed by atoms with E-state index >= 15 is 0 Å². The number of ether oxygens (including phenoxy) is 1. The molecule has 0 spiro atoms. The maximum atomic E-state index is 10.9. The van der Waals surface area contributed by atoms with Crippen LogP contribution in [0.5, 0.6) is 0 Å². The van der Waals surface area contributed by atoms with Gasteiger partial charge in [-0.3, -0.25) is 0 Å². The Morgan fingerprint density at radius 3 is 2.33 bits per heavy atom. The molecule has 3 N–H and O–H groups in total. The van der Waals surface area contributed by atoms with Crippen molar-refractivity contribution in [1.29, 1.82) is 0 Å². The lowest BCUT2D eigenvalue weighted by atomic mass is 9.96. The Morgan fingerprint density at radius 2 is 2.00 bits per heavy atom. The zero-order chi connectivity index (χ0) is 9.78. The van der Waals surface area contributed by atoms with Crippen LogP contribution in [-0.2, 0) is 9.53 Å². The normalized spacial score (nSPS) is 11.8. The van der Waals surface area contributed by atoms with Gasteiger partial charge in [0.05, 0.1) is 0 Å². The second-order valence-electron chi connectivity index (χ2n) is 4.08. The van der Waals surface area contributed by atoms with E-state index in [1.54, 1.807) is 0 Å². The molecule has 0 aromatic rings. The summed E-state index contributed by atoms with van der Waals surface area (Å²) in [6.07, 6.45) is 0.888. The number of hydrogen-bond donors (Lipinski definition) is 1. The molecule has 0 rings (SSSR count). The zero-order valence-corrected chi connectivity index (χ0v) is 8.52. The van der Waals surface area contributed by atoms with Crippen molar-refractivity contribution in [2.45, 2.75) is 39.7 Å². The molecule has 0 radical (unpaired) electrons. The average molecular weight is 174 g/mol. The molecule has 0 aliphatic rings. The molecule has 0 heterocycles. The Labute approximate surface area is 74.3 Å². The lowest BCUT2D eigenvalue weighted by Gasteiger charge is -2.26. The first-order valence-corrected chi connectivity index (χ1v) is 4.38. The lowest BCUT2D eigenvalue weighted by Crippen LogP contribution is -2.55. The summed E-state index contributed by atoms with van der Waals surface area (Å²) in [7, 11) is 0. The van der Waals surface area contributed by atoms with E-state index in [0.717, 1.165) is 6.42 Å². The molecular formula is C9H20NO2+. The van der Waals surface area contributed by atoms with Crippen molar-refractivity contribution < 1.29 is 15.3 Å². The minimum absolute atomic E-state index is 0.210. The summed E-state index contributed by atoms with van der Waals surface area (Å²) in [5, 5.41) is 0. The average Bonchev–Trinajstić information content (AvgIpc) is 1.83. The topological polar surface area (TPSA) is 53.9 Å². The largest absolute Gasteiger partial charge is 0.456 e. The van der Waals surface area contributed by atoms with E-state index in [4.69, 9.17) is 4.74 Å². The number of carbonyl (C=O) groups excluding carboxylic acids is 1. The highest BCUT2D eigenvalue weighted by atomic mass is 16.6. The minimum atomic E-state index is -0.344. The third-order valence-electron chi connectivity index (χ3n) is 1.49. The van der Waals surface area contributed by atoms with Gasteiger partial charge in [0.15, 0.2) is 6.54 Å². The first kappa shape index (κ1) is 11.4. The summed E-state index contributed by atoms with van der Waals surface area (Å²) in [5.74, 6) is 0.318. The fourth-order valence-electron chi connectivity index (χ4n) is 1.38. The van der Waals surface area contributed by atoms with E-state index in [-0.39, 0.29) is 18.1 Å². The molecule has 0 aliphatic heterocycles. The van der Waals surface area contributed by atoms with Crippen LogP contribution >= 0.6 is 0 Å². The molecule has 3 heteroatoms. The molecule has 3 nitrogen and oxygen atoms in total. The van der Waals surface area contributed by atoms with Gasteiger partial charge < -0.3 is 10.5 Å². The van der Waals surface area contributed by atoms with Gasteiger partial charge in [0.1, 0.15) is 5.60 Å². The first-order valence-electron chi connectivity index (χ1n) is 4.38. The summed E-state index contributed by atoms with van der Waals surface area (Å²) >= 11 is 0. The van der Waals surface area contributed by atoms with Crippen LogP contribution in [0.25, 0.3) is 0 Å². The van der Waals surface area contributed by atoms with Crippen LogP contribution in [-0.4, -0.2) is 18.1 Å². The van der Waals surface area contributed by atoms with E-state index in [0.29, 0.717) is 5.92 Å². The standard InChI is InChI=1S/C9H19NO2/c1-7(2)5-9(3,4)12-8(11)6-10/h7H,5-6,10H2,1-4H3/p+1. The van der Waals surface area contributed by atoms with Gasteiger partial charge in [0.25, 0.3) is 0 Å². The molecule has 0 aliphatic carbocycles. The number of carbonyl (C=O) groups is 1. The van der Waals surface area contributed by atoms with Crippen LogP contribution in [0.4, 0.5) is 0 Å². The molecule has 0 aromatic carbocycles. The fourth-order valence-corrected chi connectivity index (χ4v) is 1.38. The van der Waals surface area contributed by atoms with Crippen LogP contribution in [0.2, 0.25) is 0 Å². The molecule has 0 aromatic heterocycles.